The minimum Gasteiger partial charge on any atom is -0.352 e. The number of piperidine rings is 1. The molecule has 1 unspecified atom stereocenters. The van der Waals surface area contributed by atoms with Gasteiger partial charge in [0.25, 0.3) is 5.91 Å². The molecule has 7 nitrogen and oxygen atoms in total. The van der Waals surface area contributed by atoms with E-state index in [-0.39, 0.29) is 23.6 Å². The molecule has 1 atom stereocenters. The largest absolute Gasteiger partial charge is 0.352 e. The van der Waals surface area contributed by atoms with Gasteiger partial charge in [0.15, 0.2) is 0 Å². The number of carbonyl (C=O) groups is 2. The van der Waals surface area contributed by atoms with Crippen LogP contribution in [0.3, 0.4) is 0 Å². The molecule has 0 saturated carbocycles. The first-order valence-electron chi connectivity index (χ1n) is 6.60. The minimum atomic E-state index is -0.524. The van der Waals surface area contributed by atoms with Crippen molar-refractivity contribution in [3.05, 3.63) is 27.9 Å². The van der Waals surface area contributed by atoms with Crippen LogP contribution < -0.4 is 11.0 Å². The zero-order valence-corrected chi connectivity index (χ0v) is 11.6. The molecule has 1 saturated heterocycles. The molecule has 108 valence electrons. The second-order valence-corrected chi connectivity index (χ2v) is 5.05. The van der Waals surface area contributed by atoms with Gasteiger partial charge in [-0.05, 0) is 25.8 Å². The highest BCUT2D eigenvalue weighted by Crippen LogP contribution is 2.12. The van der Waals surface area contributed by atoms with Crippen molar-refractivity contribution in [2.45, 2.75) is 32.7 Å². The predicted molar refractivity (Wildman–Crippen MR) is 72.3 cm³/mol. The molecule has 0 spiro atoms. The van der Waals surface area contributed by atoms with Crippen molar-refractivity contribution < 1.29 is 9.59 Å². The molecule has 1 fully saturated rings. The third kappa shape index (κ3) is 3.43. The quantitative estimate of drug-likeness (QED) is 0.784. The number of rotatable bonds is 2. The number of hydrogen-bond donors (Lipinski definition) is 2. The highest BCUT2D eigenvalue weighted by Gasteiger charge is 2.25. The van der Waals surface area contributed by atoms with Crippen LogP contribution in [0.15, 0.2) is 10.9 Å². The molecule has 1 aliphatic rings. The van der Waals surface area contributed by atoms with Gasteiger partial charge in [0.1, 0.15) is 5.69 Å². The summed E-state index contributed by atoms with van der Waals surface area (Å²) < 4.78 is 0. The number of amides is 2. The van der Waals surface area contributed by atoms with Crippen LogP contribution in [0.2, 0.25) is 0 Å². The van der Waals surface area contributed by atoms with E-state index in [1.165, 1.54) is 6.92 Å². The monoisotopic (exact) mass is 278 g/mol. The summed E-state index contributed by atoms with van der Waals surface area (Å²) in [5.41, 5.74) is 0.224. The molecule has 0 radical (unpaired) electrons. The van der Waals surface area contributed by atoms with Gasteiger partial charge in [0.05, 0.1) is 0 Å². The van der Waals surface area contributed by atoms with Crippen molar-refractivity contribution in [2.75, 3.05) is 13.1 Å². The highest BCUT2D eigenvalue weighted by atomic mass is 16.2. The number of nitrogens with zero attached hydrogens (tertiary/aromatic N) is 2. The Bertz CT molecular complexity index is 581. The van der Waals surface area contributed by atoms with E-state index in [1.807, 2.05) is 0 Å². The van der Waals surface area contributed by atoms with Crippen LogP contribution >= 0.6 is 0 Å². The third-order valence-corrected chi connectivity index (χ3v) is 3.21. The van der Waals surface area contributed by atoms with E-state index in [0.29, 0.717) is 18.8 Å². The zero-order chi connectivity index (χ0) is 14.7. The number of nitrogens with one attached hydrogen (secondary N) is 2. The molecule has 0 aliphatic carbocycles. The molecule has 0 bridgehead atoms. The summed E-state index contributed by atoms with van der Waals surface area (Å²) in [6.07, 6.45) is 1.67. The van der Waals surface area contributed by atoms with Gasteiger partial charge in [0, 0.05) is 31.7 Å². The smallest absolute Gasteiger partial charge is 0.345 e. The lowest BCUT2D eigenvalue weighted by Gasteiger charge is -2.32. The molecule has 2 N–H and O–H groups in total. The van der Waals surface area contributed by atoms with Gasteiger partial charge in [0.2, 0.25) is 5.91 Å². The molecule has 20 heavy (non-hydrogen) atoms. The van der Waals surface area contributed by atoms with Crippen LogP contribution in [0.5, 0.6) is 0 Å². The van der Waals surface area contributed by atoms with Crippen molar-refractivity contribution in [1.82, 2.24) is 20.2 Å². The number of H-pyrrole nitrogens is 1. The fraction of sp³-hybridized carbons (Fsp3) is 0.538. The lowest BCUT2D eigenvalue weighted by atomic mass is 10.1. The molecule has 0 aromatic carbocycles. The first-order chi connectivity index (χ1) is 9.45. The van der Waals surface area contributed by atoms with Crippen molar-refractivity contribution in [1.29, 1.82) is 0 Å². The summed E-state index contributed by atoms with van der Waals surface area (Å²) in [7, 11) is 0. The molecule has 2 heterocycles. The van der Waals surface area contributed by atoms with E-state index < -0.39 is 5.69 Å². The topological polar surface area (TPSA) is 95.2 Å². The molecule has 7 heteroatoms. The molecular formula is C13H18N4O3. The second-order valence-electron chi connectivity index (χ2n) is 5.05. The summed E-state index contributed by atoms with van der Waals surface area (Å²) in [6, 6.07) is 1.53. The Balaban J connectivity index is 2.12. The normalized spacial score (nSPS) is 18.7. The van der Waals surface area contributed by atoms with Crippen LogP contribution in [0.25, 0.3) is 0 Å². The first kappa shape index (κ1) is 14.2. The molecule has 1 aromatic heterocycles. The van der Waals surface area contributed by atoms with Gasteiger partial charge >= 0.3 is 5.69 Å². The van der Waals surface area contributed by atoms with Gasteiger partial charge in [-0.2, -0.15) is 4.98 Å². The van der Waals surface area contributed by atoms with Gasteiger partial charge in [-0.3, -0.25) is 9.59 Å². The van der Waals surface area contributed by atoms with Crippen molar-refractivity contribution >= 4 is 11.8 Å². The van der Waals surface area contributed by atoms with Crippen LogP contribution in [0.1, 0.15) is 35.9 Å². The number of aromatic amines is 1. The lowest BCUT2D eigenvalue weighted by molar-refractivity contribution is -0.120. The molecule has 1 aromatic rings. The lowest BCUT2D eigenvalue weighted by Crippen LogP contribution is -2.49. The third-order valence-electron chi connectivity index (χ3n) is 3.21. The average Bonchev–Trinajstić information content (AvgIpc) is 2.36. The van der Waals surface area contributed by atoms with Gasteiger partial charge in [-0.15, -0.1) is 0 Å². The van der Waals surface area contributed by atoms with Crippen molar-refractivity contribution in [2.24, 2.45) is 0 Å². The van der Waals surface area contributed by atoms with Crippen LogP contribution in [-0.2, 0) is 4.79 Å². The molecule has 2 amide bonds. The highest BCUT2D eigenvalue weighted by molar-refractivity contribution is 5.92. The number of carbonyl (C=O) groups excluding carboxylic acids is 2. The Morgan fingerprint density at radius 3 is 2.90 bits per heavy atom. The van der Waals surface area contributed by atoms with Gasteiger partial charge in [-0.25, -0.2) is 4.79 Å². The van der Waals surface area contributed by atoms with E-state index in [2.05, 4.69) is 15.3 Å². The van der Waals surface area contributed by atoms with E-state index in [1.54, 1.807) is 17.9 Å². The number of likely N-dealkylation sites (tertiary alicyclic amines) is 1. The van der Waals surface area contributed by atoms with E-state index in [0.717, 1.165) is 12.8 Å². The Morgan fingerprint density at radius 2 is 2.25 bits per heavy atom. The van der Waals surface area contributed by atoms with Gasteiger partial charge in [-0.1, -0.05) is 0 Å². The van der Waals surface area contributed by atoms with Crippen LogP contribution in [0.4, 0.5) is 0 Å². The van der Waals surface area contributed by atoms with E-state index >= 15 is 0 Å². The fourth-order valence-electron chi connectivity index (χ4n) is 2.42. The Hall–Kier alpha value is -2.18. The molecule has 1 aliphatic heterocycles. The van der Waals surface area contributed by atoms with E-state index in [4.69, 9.17) is 0 Å². The predicted octanol–water partition coefficient (Wildman–Crippen LogP) is -0.181. The molecular weight excluding hydrogens is 260 g/mol. The summed E-state index contributed by atoms with van der Waals surface area (Å²) in [4.78, 5) is 42.6. The summed E-state index contributed by atoms with van der Waals surface area (Å²) >= 11 is 0. The number of aryl methyl sites for hydroxylation is 1. The fourth-order valence-corrected chi connectivity index (χ4v) is 2.42. The Labute approximate surface area is 116 Å². The maximum absolute atomic E-state index is 12.3. The Morgan fingerprint density at radius 1 is 1.50 bits per heavy atom. The summed E-state index contributed by atoms with van der Waals surface area (Å²) in [5.74, 6) is -0.372. The van der Waals surface area contributed by atoms with Crippen molar-refractivity contribution in [3.63, 3.8) is 0 Å². The zero-order valence-electron chi connectivity index (χ0n) is 11.6. The number of hydrogen-bond acceptors (Lipinski definition) is 4. The van der Waals surface area contributed by atoms with Crippen LogP contribution in [0, 0.1) is 6.92 Å². The van der Waals surface area contributed by atoms with E-state index in [9.17, 15) is 14.4 Å². The maximum Gasteiger partial charge on any atom is 0.345 e. The van der Waals surface area contributed by atoms with Gasteiger partial charge < -0.3 is 15.2 Å². The number of aromatic nitrogens is 2. The summed E-state index contributed by atoms with van der Waals surface area (Å²) in [6.45, 7) is 4.23. The minimum absolute atomic E-state index is 0.0340. The average molecular weight is 278 g/mol. The summed E-state index contributed by atoms with van der Waals surface area (Å²) in [5, 5.41) is 2.82. The standard InChI is InChI=1S/C13H18N4O3/c1-8-6-11(16-13(20)14-8)12(19)17-5-3-4-10(7-17)15-9(2)18/h6,10H,3-5,7H2,1-2H3,(H,15,18)(H,14,16,20). The first-order valence-corrected chi connectivity index (χ1v) is 6.60. The molecule has 2 rings (SSSR count). The van der Waals surface area contributed by atoms with Crippen LogP contribution in [-0.4, -0.2) is 45.8 Å². The maximum atomic E-state index is 12.3. The SMILES string of the molecule is CC(=O)NC1CCCN(C(=O)c2cc(C)[nH]c(=O)n2)C1. The van der Waals surface area contributed by atoms with Crippen molar-refractivity contribution in [3.8, 4) is 0 Å². The second kappa shape index (κ2) is 5.85. The Kier molecular flexibility index (Phi) is 4.16.